The highest BCUT2D eigenvalue weighted by atomic mass is 16.5. The molecular formula is C13H16N2O2. The van der Waals surface area contributed by atoms with E-state index < -0.39 is 0 Å². The van der Waals surface area contributed by atoms with Crippen LogP contribution >= 0.6 is 0 Å². The second kappa shape index (κ2) is 5.41. The highest BCUT2D eigenvalue weighted by Crippen LogP contribution is 2.17. The molecular weight excluding hydrogens is 216 g/mol. The molecule has 0 spiro atoms. The van der Waals surface area contributed by atoms with Gasteiger partial charge in [-0.05, 0) is 24.3 Å². The van der Waals surface area contributed by atoms with Crippen LogP contribution in [0.15, 0.2) is 40.8 Å². The van der Waals surface area contributed by atoms with Crippen molar-refractivity contribution in [3.8, 4) is 5.75 Å². The van der Waals surface area contributed by atoms with Crippen molar-refractivity contribution in [2.45, 2.75) is 13.1 Å². The van der Waals surface area contributed by atoms with Crippen LogP contribution < -0.4 is 15.8 Å². The monoisotopic (exact) mass is 232 g/mol. The second-order valence-electron chi connectivity index (χ2n) is 3.66. The molecule has 1 aromatic carbocycles. The Bertz CT molecular complexity index is 480. The van der Waals surface area contributed by atoms with Crippen molar-refractivity contribution in [1.82, 2.24) is 0 Å². The summed E-state index contributed by atoms with van der Waals surface area (Å²) in [5.41, 5.74) is 6.47. The zero-order valence-electron chi connectivity index (χ0n) is 9.77. The Morgan fingerprint density at radius 3 is 2.76 bits per heavy atom. The van der Waals surface area contributed by atoms with Crippen molar-refractivity contribution >= 4 is 5.69 Å². The van der Waals surface area contributed by atoms with Gasteiger partial charge >= 0.3 is 0 Å². The predicted octanol–water partition coefficient (Wildman–Crippen LogP) is 2.36. The Morgan fingerprint density at radius 1 is 1.24 bits per heavy atom. The average Bonchev–Trinajstić information content (AvgIpc) is 2.84. The minimum Gasteiger partial charge on any atom is -0.497 e. The molecule has 0 saturated heterocycles. The first-order valence-corrected chi connectivity index (χ1v) is 5.47. The second-order valence-corrected chi connectivity index (χ2v) is 3.66. The van der Waals surface area contributed by atoms with Gasteiger partial charge in [-0.2, -0.15) is 0 Å². The minimum atomic E-state index is 0.430. The van der Waals surface area contributed by atoms with Crippen LogP contribution in [0.2, 0.25) is 0 Å². The zero-order chi connectivity index (χ0) is 12.1. The van der Waals surface area contributed by atoms with Crippen LogP contribution in [-0.2, 0) is 13.1 Å². The summed E-state index contributed by atoms with van der Waals surface area (Å²) in [5, 5.41) is 3.26. The molecule has 4 heteroatoms. The molecule has 3 N–H and O–H groups in total. The minimum absolute atomic E-state index is 0.430. The average molecular weight is 232 g/mol. The highest BCUT2D eigenvalue weighted by Gasteiger charge is 2.01. The Kier molecular flexibility index (Phi) is 3.67. The number of hydrogen-bond donors (Lipinski definition) is 2. The van der Waals surface area contributed by atoms with E-state index in [2.05, 4.69) is 5.32 Å². The molecule has 90 valence electrons. The van der Waals surface area contributed by atoms with Crippen LogP contribution in [0.1, 0.15) is 11.5 Å². The van der Waals surface area contributed by atoms with Gasteiger partial charge in [-0.3, -0.25) is 0 Å². The molecule has 0 amide bonds. The molecule has 0 aliphatic heterocycles. The fraction of sp³-hybridized carbons (Fsp3) is 0.231. The van der Waals surface area contributed by atoms with E-state index in [9.17, 15) is 0 Å². The molecule has 0 saturated carbocycles. The van der Waals surface area contributed by atoms with Gasteiger partial charge in [-0.1, -0.05) is 6.07 Å². The van der Waals surface area contributed by atoms with Crippen molar-refractivity contribution in [2.24, 2.45) is 5.73 Å². The molecule has 0 aliphatic rings. The van der Waals surface area contributed by atoms with E-state index in [-0.39, 0.29) is 0 Å². The largest absolute Gasteiger partial charge is 0.497 e. The van der Waals surface area contributed by atoms with Gasteiger partial charge in [0.15, 0.2) is 0 Å². The van der Waals surface area contributed by atoms with Crippen molar-refractivity contribution in [2.75, 3.05) is 12.4 Å². The first kappa shape index (κ1) is 11.5. The molecule has 17 heavy (non-hydrogen) atoms. The molecule has 2 rings (SSSR count). The molecule has 1 aromatic heterocycles. The van der Waals surface area contributed by atoms with E-state index in [1.165, 1.54) is 0 Å². The fourth-order valence-electron chi connectivity index (χ4n) is 1.55. The van der Waals surface area contributed by atoms with Crippen LogP contribution in [0.5, 0.6) is 5.75 Å². The summed E-state index contributed by atoms with van der Waals surface area (Å²) in [7, 11) is 1.65. The van der Waals surface area contributed by atoms with Crippen LogP contribution in [0.3, 0.4) is 0 Å². The SMILES string of the molecule is COc1cccc(NCc2ccc(CN)o2)c1. The summed E-state index contributed by atoms with van der Waals surface area (Å²) in [6.07, 6.45) is 0. The maximum atomic E-state index is 5.49. The van der Waals surface area contributed by atoms with E-state index >= 15 is 0 Å². The third kappa shape index (κ3) is 3.01. The van der Waals surface area contributed by atoms with Crippen LogP contribution in [0, 0.1) is 0 Å². The number of nitrogens with one attached hydrogen (secondary N) is 1. The Balaban J connectivity index is 1.96. The smallest absolute Gasteiger partial charge is 0.123 e. The summed E-state index contributed by atoms with van der Waals surface area (Å²) in [6, 6.07) is 11.6. The predicted molar refractivity (Wildman–Crippen MR) is 66.9 cm³/mol. The van der Waals surface area contributed by atoms with Crippen LogP contribution in [0.4, 0.5) is 5.69 Å². The zero-order valence-corrected chi connectivity index (χ0v) is 9.77. The number of nitrogens with two attached hydrogens (primary N) is 1. The third-order valence-electron chi connectivity index (χ3n) is 2.45. The van der Waals surface area contributed by atoms with E-state index in [0.717, 1.165) is 23.0 Å². The number of benzene rings is 1. The van der Waals surface area contributed by atoms with E-state index in [1.807, 2.05) is 36.4 Å². The standard InChI is InChI=1S/C13H16N2O2/c1-16-11-4-2-3-10(7-11)15-9-13-6-5-12(8-14)17-13/h2-7,15H,8-9,14H2,1H3. The van der Waals surface area contributed by atoms with E-state index in [0.29, 0.717) is 13.1 Å². The van der Waals surface area contributed by atoms with Gasteiger partial charge < -0.3 is 20.2 Å². The third-order valence-corrected chi connectivity index (χ3v) is 2.45. The summed E-state index contributed by atoms with van der Waals surface area (Å²) < 4.78 is 10.6. The molecule has 1 heterocycles. The first-order valence-electron chi connectivity index (χ1n) is 5.47. The van der Waals surface area contributed by atoms with Crippen molar-refractivity contribution in [3.05, 3.63) is 47.9 Å². The Hall–Kier alpha value is -1.94. The molecule has 4 nitrogen and oxygen atoms in total. The quantitative estimate of drug-likeness (QED) is 0.830. The molecule has 0 atom stereocenters. The number of hydrogen-bond acceptors (Lipinski definition) is 4. The summed E-state index contributed by atoms with van der Waals surface area (Å²) in [4.78, 5) is 0. The Morgan fingerprint density at radius 2 is 2.06 bits per heavy atom. The number of ether oxygens (including phenoxy) is 1. The van der Waals surface area contributed by atoms with Gasteiger partial charge in [0.05, 0.1) is 20.2 Å². The maximum absolute atomic E-state index is 5.49. The van der Waals surface area contributed by atoms with Gasteiger partial charge in [0.1, 0.15) is 17.3 Å². The summed E-state index contributed by atoms with van der Waals surface area (Å²) >= 11 is 0. The lowest BCUT2D eigenvalue weighted by Crippen LogP contribution is -1.98. The number of rotatable bonds is 5. The molecule has 0 bridgehead atoms. The number of anilines is 1. The van der Waals surface area contributed by atoms with Gasteiger partial charge in [0, 0.05) is 11.8 Å². The maximum Gasteiger partial charge on any atom is 0.123 e. The van der Waals surface area contributed by atoms with Crippen molar-refractivity contribution in [1.29, 1.82) is 0 Å². The lowest BCUT2D eigenvalue weighted by molar-refractivity contribution is 0.415. The lowest BCUT2D eigenvalue weighted by Gasteiger charge is -2.06. The van der Waals surface area contributed by atoms with Crippen LogP contribution in [0.25, 0.3) is 0 Å². The van der Waals surface area contributed by atoms with Crippen molar-refractivity contribution in [3.63, 3.8) is 0 Å². The molecule has 0 fully saturated rings. The summed E-state index contributed by atoms with van der Waals surface area (Å²) in [6.45, 7) is 1.06. The molecule has 0 unspecified atom stereocenters. The normalized spacial score (nSPS) is 10.2. The molecule has 0 aliphatic carbocycles. The summed E-state index contributed by atoms with van der Waals surface area (Å²) in [5.74, 6) is 2.50. The topological polar surface area (TPSA) is 60.4 Å². The molecule has 0 radical (unpaired) electrons. The van der Waals surface area contributed by atoms with Crippen molar-refractivity contribution < 1.29 is 9.15 Å². The Labute approximate surface area is 100 Å². The lowest BCUT2D eigenvalue weighted by atomic mass is 10.3. The first-order chi connectivity index (χ1) is 8.31. The van der Waals surface area contributed by atoms with E-state index in [4.69, 9.17) is 14.9 Å². The fourth-order valence-corrected chi connectivity index (χ4v) is 1.55. The van der Waals surface area contributed by atoms with Gasteiger partial charge in [-0.25, -0.2) is 0 Å². The number of methoxy groups -OCH3 is 1. The van der Waals surface area contributed by atoms with Gasteiger partial charge in [-0.15, -0.1) is 0 Å². The molecule has 2 aromatic rings. The van der Waals surface area contributed by atoms with E-state index in [1.54, 1.807) is 7.11 Å². The number of furan rings is 1. The van der Waals surface area contributed by atoms with Gasteiger partial charge in [0.25, 0.3) is 0 Å². The van der Waals surface area contributed by atoms with Crippen LogP contribution in [-0.4, -0.2) is 7.11 Å². The highest BCUT2D eigenvalue weighted by molar-refractivity contribution is 5.48. The van der Waals surface area contributed by atoms with Gasteiger partial charge in [0.2, 0.25) is 0 Å².